The minimum absolute atomic E-state index is 0.167. The molecule has 1 aromatic carbocycles. The minimum Gasteiger partial charge on any atom is -0.445 e. The molecule has 1 fully saturated rings. The summed E-state index contributed by atoms with van der Waals surface area (Å²) in [5.41, 5.74) is 6.98. The van der Waals surface area contributed by atoms with Gasteiger partial charge in [0.1, 0.15) is 6.61 Å². The van der Waals surface area contributed by atoms with E-state index in [2.05, 4.69) is 13.8 Å². The summed E-state index contributed by atoms with van der Waals surface area (Å²) in [6, 6.07) is 9.74. The van der Waals surface area contributed by atoms with Gasteiger partial charge in [0.25, 0.3) is 0 Å². The Morgan fingerprint density at radius 2 is 1.90 bits per heavy atom. The topological polar surface area (TPSA) is 55.6 Å². The molecule has 1 saturated heterocycles. The Hall–Kier alpha value is -1.55. The molecule has 0 bridgehead atoms. The normalized spacial score (nSPS) is 17.1. The fourth-order valence-electron chi connectivity index (χ4n) is 2.62. The van der Waals surface area contributed by atoms with Crippen LogP contribution < -0.4 is 5.73 Å². The molecular weight excluding hydrogens is 252 g/mol. The second-order valence-electron chi connectivity index (χ2n) is 6.12. The monoisotopic (exact) mass is 276 g/mol. The van der Waals surface area contributed by atoms with Crippen LogP contribution in [0.1, 0.15) is 32.3 Å². The standard InChI is InChI=1S/C16H24N2O2/c1-16(2,17)14-8-10-18(11-9-14)15(19)20-12-13-6-4-3-5-7-13/h3-7,14H,8-12,17H2,1-2H3. The van der Waals surface area contributed by atoms with Crippen molar-refractivity contribution < 1.29 is 9.53 Å². The molecular formula is C16H24N2O2. The molecule has 4 heteroatoms. The highest BCUT2D eigenvalue weighted by Gasteiger charge is 2.31. The van der Waals surface area contributed by atoms with Crippen LogP contribution in [0.2, 0.25) is 0 Å². The maximum atomic E-state index is 12.0. The predicted octanol–water partition coefficient (Wildman–Crippen LogP) is 2.77. The van der Waals surface area contributed by atoms with Crippen molar-refractivity contribution in [3.63, 3.8) is 0 Å². The molecule has 0 radical (unpaired) electrons. The lowest BCUT2D eigenvalue weighted by atomic mass is 9.81. The lowest BCUT2D eigenvalue weighted by molar-refractivity contribution is 0.0748. The summed E-state index contributed by atoms with van der Waals surface area (Å²) in [4.78, 5) is 13.8. The van der Waals surface area contributed by atoms with E-state index >= 15 is 0 Å². The molecule has 1 aromatic rings. The van der Waals surface area contributed by atoms with E-state index < -0.39 is 0 Å². The van der Waals surface area contributed by atoms with Gasteiger partial charge in [0.05, 0.1) is 0 Å². The molecule has 2 rings (SSSR count). The van der Waals surface area contributed by atoms with Crippen molar-refractivity contribution in [1.29, 1.82) is 0 Å². The molecule has 0 aromatic heterocycles. The van der Waals surface area contributed by atoms with Gasteiger partial charge in [-0.3, -0.25) is 0 Å². The number of hydrogen-bond donors (Lipinski definition) is 1. The highest BCUT2D eigenvalue weighted by atomic mass is 16.6. The van der Waals surface area contributed by atoms with E-state index in [1.165, 1.54) is 0 Å². The summed E-state index contributed by atoms with van der Waals surface area (Å²) in [6.45, 7) is 5.92. The van der Waals surface area contributed by atoms with Gasteiger partial charge in [-0.1, -0.05) is 30.3 Å². The molecule has 2 N–H and O–H groups in total. The van der Waals surface area contributed by atoms with Crippen LogP contribution in [0.15, 0.2) is 30.3 Å². The summed E-state index contributed by atoms with van der Waals surface area (Å²) in [5, 5.41) is 0. The van der Waals surface area contributed by atoms with Gasteiger partial charge in [-0.25, -0.2) is 4.79 Å². The van der Waals surface area contributed by atoms with Crippen molar-refractivity contribution in [2.45, 2.75) is 38.8 Å². The number of piperidine rings is 1. The fraction of sp³-hybridized carbons (Fsp3) is 0.562. The van der Waals surface area contributed by atoms with Crippen molar-refractivity contribution >= 4 is 6.09 Å². The van der Waals surface area contributed by atoms with E-state index in [9.17, 15) is 4.79 Å². The second-order valence-corrected chi connectivity index (χ2v) is 6.12. The highest BCUT2D eigenvalue weighted by molar-refractivity contribution is 5.67. The first-order chi connectivity index (χ1) is 9.47. The highest BCUT2D eigenvalue weighted by Crippen LogP contribution is 2.26. The van der Waals surface area contributed by atoms with Crippen molar-refractivity contribution in [3.05, 3.63) is 35.9 Å². The van der Waals surface area contributed by atoms with Crippen molar-refractivity contribution in [3.8, 4) is 0 Å². The number of carbonyl (C=O) groups is 1. The number of carbonyl (C=O) groups excluding carboxylic acids is 1. The number of amides is 1. The number of ether oxygens (including phenoxy) is 1. The van der Waals surface area contributed by atoms with E-state index in [0.29, 0.717) is 12.5 Å². The van der Waals surface area contributed by atoms with Gasteiger partial charge in [0, 0.05) is 18.6 Å². The second kappa shape index (κ2) is 6.27. The Morgan fingerprint density at radius 1 is 1.30 bits per heavy atom. The van der Waals surface area contributed by atoms with E-state index in [4.69, 9.17) is 10.5 Å². The van der Waals surface area contributed by atoms with Crippen LogP contribution in [0, 0.1) is 5.92 Å². The van der Waals surface area contributed by atoms with Gasteiger partial charge in [-0.15, -0.1) is 0 Å². The number of nitrogens with zero attached hydrogens (tertiary/aromatic N) is 1. The Kier molecular flexibility index (Phi) is 4.65. The Labute approximate surface area is 120 Å². The quantitative estimate of drug-likeness (QED) is 0.923. The molecule has 1 aliphatic heterocycles. The van der Waals surface area contributed by atoms with Crippen LogP contribution in [-0.2, 0) is 11.3 Å². The smallest absolute Gasteiger partial charge is 0.410 e. The zero-order valence-electron chi connectivity index (χ0n) is 12.3. The Morgan fingerprint density at radius 3 is 2.45 bits per heavy atom. The molecule has 1 heterocycles. The molecule has 0 atom stereocenters. The van der Waals surface area contributed by atoms with Crippen LogP contribution in [-0.4, -0.2) is 29.6 Å². The number of hydrogen-bond acceptors (Lipinski definition) is 3. The summed E-state index contributed by atoms with van der Waals surface area (Å²) in [6.07, 6.45) is 1.68. The Bertz CT molecular complexity index is 432. The number of benzene rings is 1. The van der Waals surface area contributed by atoms with Gasteiger partial charge in [0.15, 0.2) is 0 Å². The third kappa shape index (κ3) is 3.97. The third-order valence-corrected chi connectivity index (χ3v) is 4.01. The molecule has 20 heavy (non-hydrogen) atoms. The first kappa shape index (κ1) is 14.9. The fourth-order valence-corrected chi connectivity index (χ4v) is 2.62. The molecule has 110 valence electrons. The zero-order chi connectivity index (χ0) is 14.6. The average molecular weight is 276 g/mol. The molecule has 1 amide bonds. The average Bonchev–Trinajstić information content (AvgIpc) is 2.45. The summed E-state index contributed by atoms with van der Waals surface area (Å²) < 4.78 is 5.34. The number of likely N-dealkylation sites (tertiary alicyclic amines) is 1. The number of rotatable bonds is 3. The Balaban J connectivity index is 1.78. The van der Waals surface area contributed by atoms with Crippen molar-refractivity contribution in [2.24, 2.45) is 11.7 Å². The van der Waals surface area contributed by atoms with Gasteiger partial charge in [-0.2, -0.15) is 0 Å². The maximum Gasteiger partial charge on any atom is 0.410 e. The van der Waals surface area contributed by atoms with Crippen LogP contribution in [0.25, 0.3) is 0 Å². The zero-order valence-corrected chi connectivity index (χ0v) is 12.3. The molecule has 0 aliphatic carbocycles. The van der Waals surface area contributed by atoms with E-state index in [0.717, 1.165) is 31.5 Å². The van der Waals surface area contributed by atoms with Crippen molar-refractivity contribution in [1.82, 2.24) is 4.90 Å². The summed E-state index contributed by atoms with van der Waals surface area (Å²) in [5.74, 6) is 0.473. The first-order valence-electron chi connectivity index (χ1n) is 7.21. The summed E-state index contributed by atoms with van der Waals surface area (Å²) in [7, 11) is 0. The van der Waals surface area contributed by atoms with E-state index in [1.54, 1.807) is 4.90 Å². The van der Waals surface area contributed by atoms with Crippen LogP contribution in [0.4, 0.5) is 4.79 Å². The maximum absolute atomic E-state index is 12.0. The molecule has 0 saturated carbocycles. The van der Waals surface area contributed by atoms with Crippen molar-refractivity contribution in [2.75, 3.05) is 13.1 Å². The first-order valence-corrected chi connectivity index (χ1v) is 7.21. The number of nitrogens with two attached hydrogens (primary N) is 1. The summed E-state index contributed by atoms with van der Waals surface area (Å²) >= 11 is 0. The van der Waals surface area contributed by atoms with Gasteiger partial charge >= 0.3 is 6.09 Å². The SMILES string of the molecule is CC(C)(N)C1CCN(C(=O)OCc2ccccc2)CC1. The largest absolute Gasteiger partial charge is 0.445 e. The van der Waals surface area contributed by atoms with Gasteiger partial charge in [0.2, 0.25) is 0 Å². The molecule has 4 nitrogen and oxygen atoms in total. The lowest BCUT2D eigenvalue weighted by Gasteiger charge is -2.38. The van der Waals surface area contributed by atoms with Crippen LogP contribution >= 0.6 is 0 Å². The van der Waals surface area contributed by atoms with E-state index in [-0.39, 0.29) is 11.6 Å². The van der Waals surface area contributed by atoms with Gasteiger partial charge in [-0.05, 0) is 38.2 Å². The van der Waals surface area contributed by atoms with E-state index in [1.807, 2.05) is 30.3 Å². The molecule has 1 aliphatic rings. The lowest BCUT2D eigenvalue weighted by Crippen LogP contribution is -2.48. The molecule has 0 spiro atoms. The van der Waals surface area contributed by atoms with Crippen LogP contribution in [0.3, 0.4) is 0 Å². The van der Waals surface area contributed by atoms with Crippen LogP contribution in [0.5, 0.6) is 0 Å². The third-order valence-electron chi connectivity index (χ3n) is 4.01. The molecule has 0 unspecified atom stereocenters. The minimum atomic E-state index is -0.220. The van der Waals surface area contributed by atoms with Gasteiger partial charge < -0.3 is 15.4 Å². The predicted molar refractivity (Wildman–Crippen MR) is 79.2 cm³/mol.